The summed E-state index contributed by atoms with van der Waals surface area (Å²) in [5.74, 6) is 1.86. The maximum absolute atomic E-state index is 12.3. The van der Waals surface area contributed by atoms with Crippen LogP contribution in [-0.4, -0.2) is 36.0 Å². The Bertz CT molecular complexity index is 945. The van der Waals surface area contributed by atoms with E-state index < -0.39 is 0 Å². The van der Waals surface area contributed by atoms with Crippen LogP contribution in [0.3, 0.4) is 0 Å². The van der Waals surface area contributed by atoms with E-state index in [9.17, 15) is 4.79 Å². The lowest BCUT2D eigenvalue weighted by molar-refractivity contribution is 0.102. The fourth-order valence-electron chi connectivity index (χ4n) is 2.38. The Kier molecular flexibility index (Phi) is 6.36. The summed E-state index contributed by atoms with van der Waals surface area (Å²) in [6.07, 6.45) is 0.493. The van der Waals surface area contributed by atoms with E-state index >= 15 is 0 Å². The number of hydrogen-bond acceptors (Lipinski definition) is 7. The molecule has 0 aliphatic heterocycles. The van der Waals surface area contributed by atoms with Gasteiger partial charge in [0.15, 0.2) is 5.78 Å². The van der Waals surface area contributed by atoms with Crippen molar-refractivity contribution in [2.24, 2.45) is 0 Å². The van der Waals surface area contributed by atoms with Gasteiger partial charge >= 0.3 is 0 Å². The Balaban J connectivity index is 1.59. The standard InChI is InChI=1S/C19H17ClN2O4S/c1-24-14-5-3-4-12(8-14)9-18-21-22-19(26-18)27-11-16(23)13-6-7-17(25-2)15(20)10-13/h3-8,10H,9,11H2,1-2H3. The van der Waals surface area contributed by atoms with Crippen molar-refractivity contribution < 1.29 is 18.7 Å². The second kappa shape index (κ2) is 8.92. The van der Waals surface area contributed by atoms with E-state index in [-0.39, 0.29) is 11.5 Å². The first kappa shape index (κ1) is 19.3. The van der Waals surface area contributed by atoms with Crippen LogP contribution in [0.4, 0.5) is 0 Å². The van der Waals surface area contributed by atoms with Crippen LogP contribution < -0.4 is 9.47 Å². The fraction of sp³-hybridized carbons (Fsp3) is 0.211. The zero-order chi connectivity index (χ0) is 19.2. The summed E-state index contributed by atoms with van der Waals surface area (Å²) in [6, 6.07) is 12.6. The molecule has 0 saturated carbocycles. The minimum absolute atomic E-state index is 0.0860. The number of halogens is 1. The molecule has 0 radical (unpaired) electrons. The van der Waals surface area contributed by atoms with Crippen molar-refractivity contribution in [2.75, 3.05) is 20.0 Å². The van der Waals surface area contributed by atoms with Crippen LogP contribution in [0.1, 0.15) is 21.8 Å². The number of aromatic nitrogens is 2. The number of rotatable bonds is 8. The molecule has 0 fully saturated rings. The largest absolute Gasteiger partial charge is 0.497 e. The van der Waals surface area contributed by atoms with Crippen LogP contribution in [0.2, 0.25) is 5.02 Å². The average Bonchev–Trinajstić information content (AvgIpc) is 3.13. The number of benzene rings is 2. The molecule has 0 N–H and O–H groups in total. The highest BCUT2D eigenvalue weighted by Gasteiger charge is 2.13. The maximum Gasteiger partial charge on any atom is 0.277 e. The normalized spacial score (nSPS) is 10.6. The van der Waals surface area contributed by atoms with Gasteiger partial charge in [-0.25, -0.2) is 0 Å². The molecule has 140 valence electrons. The predicted molar refractivity (Wildman–Crippen MR) is 103 cm³/mol. The summed E-state index contributed by atoms with van der Waals surface area (Å²) in [5, 5.41) is 8.75. The molecule has 1 heterocycles. The van der Waals surface area contributed by atoms with Gasteiger partial charge in [-0.05, 0) is 35.9 Å². The molecule has 0 spiro atoms. The van der Waals surface area contributed by atoms with E-state index in [4.69, 9.17) is 25.5 Å². The number of carbonyl (C=O) groups excluding carboxylic acids is 1. The Morgan fingerprint density at radius 2 is 2.00 bits per heavy atom. The van der Waals surface area contributed by atoms with E-state index in [2.05, 4.69) is 10.2 Å². The van der Waals surface area contributed by atoms with Gasteiger partial charge in [0.05, 0.1) is 31.4 Å². The van der Waals surface area contributed by atoms with Gasteiger partial charge in [-0.2, -0.15) is 0 Å². The highest BCUT2D eigenvalue weighted by molar-refractivity contribution is 7.99. The molecule has 0 atom stereocenters. The smallest absolute Gasteiger partial charge is 0.277 e. The first-order chi connectivity index (χ1) is 13.1. The molecule has 0 saturated heterocycles. The lowest BCUT2D eigenvalue weighted by atomic mass is 10.1. The molecule has 0 amide bonds. The number of ketones is 1. The van der Waals surface area contributed by atoms with Crippen LogP contribution >= 0.6 is 23.4 Å². The number of hydrogen-bond donors (Lipinski definition) is 0. The number of carbonyl (C=O) groups is 1. The van der Waals surface area contributed by atoms with Gasteiger partial charge in [-0.15, -0.1) is 10.2 Å². The number of ether oxygens (including phenoxy) is 2. The monoisotopic (exact) mass is 404 g/mol. The Morgan fingerprint density at radius 1 is 1.15 bits per heavy atom. The minimum atomic E-state index is -0.0860. The lowest BCUT2D eigenvalue weighted by Gasteiger charge is -2.04. The van der Waals surface area contributed by atoms with Crippen molar-refractivity contribution in [3.05, 3.63) is 64.5 Å². The van der Waals surface area contributed by atoms with Crippen molar-refractivity contribution in [3.8, 4) is 11.5 Å². The van der Waals surface area contributed by atoms with E-state index in [0.717, 1.165) is 11.3 Å². The molecular formula is C19H17ClN2O4S. The minimum Gasteiger partial charge on any atom is -0.497 e. The zero-order valence-electron chi connectivity index (χ0n) is 14.8. The van der Waals surface area contributed by atoms with Gasteiger partial charge in [0.1, 0.15) is 11.5 Å². The van der Waals surface area contributed by atoms with Crippen molar-refractivity contribution in [1.82, 2.24) is 10.2 Å². The number of nitrogens with zero attached hydrogens (tertiary/aromatic N) is 2. The van der Waals surface area contributed by atoms with Crippen LogP contribution in [0.25, 0.3) is 0 Å². The molecule has 0 aliphatic rings. The summed E-state index contributed by atoms with van der Waals surface area (Å²) in [5.41, 5.74) is 1.50. The van der Waals surface area contributed by atoms with Crippen molar-refractivity contribution in [1.29, 1.82) is 0 Å². The van der Waals surface area contributed by atoms with Crippen molar-refractivity contribution in [3.63, 3.8) is 0 Å². The third kappa shape index (κ3) is 5.02. The fourth-order valence-corrected chi connectivity index (χ4v) is 3.31. The molecule has 0 aliphatic carbocycles. The van der Waals surface area contributed by atoms with Crippen LogP contribution in [0, 0.1) is 0 Å². The molecule has 3 aromatic rings. The molecule has 0 bridgehead atoms. The first-order valence-electron chi connectivity index (χ1n) is 8.04. The Labute approximate surface area is 165 Å². The van der Waals surface area contributed by atoms with Crippen molar-refractivity contribution in [2.45, 2.75) is 11.6 Å². The van der Waals surface area contributed by atoms with Crippen molar-refractivity contribution >= 4 is 29.1 Å². The second-order valence-corrected chi connectivity index (χ2v) is 6.88. The van der Waals surface area contributed by atoms with Crippen LogP contribution in [-0.2, 0) is 6.42 Å². The quantitative estimate of drug-likeness (QED) is 0.409. The van der Waals surface area contributed by atoms with Gasteiger partial charge in [-0.1, -0.05) is 35.5 Å². The van der Waals surface area contributed by atoms with Crippen LogP contribution in [0.15, 0.2) is 52.1 Å². The molecular weight excluding hydrogens is 388 g/mol. The molecule has 3 rings (SSSR count). The van der Waals surface area contributed by atoms with E-state index in [0.29, 0.717) is 33.9 Å². The molecule has 1 aromatic heterocycles. The summed E-state index contributed by atoms with van der Waals surface area (Å²) >= 11 is 7.25. The predicted octanol–water partition coefficient (Wildman–Crippen LogP) is 4.31. The Morgan fingerprint density at radius 3 is 2.74 bits per heavy atom. The van der Waals surface area contributed by atoms with E-state index in [1.54, 1.807) is 25.3 Å². The molecule has 0 unspecified atom stereocenters. The van der Waals surface area contributed by atoms with Gasteiger partial charge in [0, 0.05) is 5.56 Å². The topological polar surface area (TPSA) is 74.5 Å². The summed E-state index contributed by atoms with van der Waals surface area (Å²) in [4.78, 5) is 12.3. The number of thioether (sulfide) groups is 1. The second-order valence-electron chi connectivity index (χ2n) is 5.55. The molecule has 27 heavy (non-hydrogen) atoms. The van der Waals surface area contributed by atoms with Gasteiger partial charge < -0.3 is 13.9 Å². The third-order valence-electron chi connectivity index (χ3n) is 3.74. The zero-order valence-corrected chi connectivity index (χ0v) is 16.3. The molecule has 2 aromatic carbocycles. The Hall–Kier alpha value is -2.51. The van der Waals surface area contributed by atoms with E-state index in [1.807, 2.05) is 24.3 Å². The maximum atomic E-state index is 12.3. The highest BCUT2D eigenvalue weighted by Crippen LogP contribution is 2.26. The molecule has 8 heteroatoms. The number of Topliss-reactive ketones (excluding diaryl/α,β-unsaturated/α-hetero) is 1. The van der Waals surface area contributed by atoms with Gasteiger partial charge in [-0.3, -0.25) is 4.79 Å². The highest BCUT2D eigenvalue weighted by atomic mass is 35.5. The van der Waals surface area contributed by atoms with Gasteiger partial charge in [0.2, 0.25) is 5.89 Å². The van der Waals surface area contributed by atoms with Crippen LogP contribution in [0.5, 0.6) is 11.5 Å². The third-order valence-corrected chi connectivity index (χ3v) is 4.85. The van der Waals surface area contributed by atoms with Gasteiger partial charge in [0.25, 0.3) is 5.22 Å². The lowest BCUT2D eigenvalue weighted by Crippen LogP contribution is -2.02. The number of methoxy groups -OCH3 is 2. The summed E-state index contributed by atoms with van der Waals surface area (Å²) < 4.78 is 15.9. The first-order valence-corrected chi connectivity index (χ1v) is 9.40. The summed E-state index contributed by atoms with van der Waals surface area (Å²) in [7, 11) is 3.14. The summed E-state index contributed by atoms with van der Waals surface area (Å²) in [6.45, 7) is 0. The average molecular weight is 405 g/mol. The molecule has 6 nitrogen and oxygen atoms in total. The van der Waals surface area contributed by atoms with E-state index in [1.165, 1.54) is 18.9 Å². The SMILES string of the molecule is COc1cccc(Cc2nnc(SCC(=O)c3ccc(OC)c(Cl)c3)o2)c1.